The van der Waals surface area contributed by atoms with E-state index in [1.807, 2.05) is 0 Å². The summed E-state index contributed by atoms with van der Waals surface area (Å²) in [5, 5.41) is 1.26. The van der Waals surface area contributed by atoms with Gasteiger partial charge in [0.1, 0.15) is 0 Å². The van der Waals surface area contributed by atoms with Crippen molar-refractivity contribution < 1.29 is 35.3 Å². The second-order valence-corrected chi connectivity index (χ2v) is 4.17. The maximum atomic E-state index is 2.34. The van der Waals surface area contributed by atoms with Crippen molar-refractivity contribution in [1.82, 2.24) is 0 Å². The van der Waals surface area contributed by atoms with E-state index in [2.05, 4.69) is 46.9 Å². The van der Waals surface area contributed by atoms with Crippen LogP contribution in [0.1, 0.15) is 5.56 Å². The Morgan fingerprint density at radius 3 is 2.50 bits per heavy atom. The van der Waals surface area contributed by atoms with Crippen LogP contribution in [0.5, 0.6) is 0 Å². The Kier molecular flexibility index (Phi) is 6.27. The first kappa shape index (κ1) is 11.1. The molecule has 0 aliphatic rings. The molecule has 0 unspecified atom stereocenters. The first-order valence-electron chi connectivity index (χ1n) is 2.86. The first-order valence-corrected chi connectivity index (χ1v) is 6.04. The van der Waals surface area contributed by atoms with Crippen LogP contribution in [0.25, 0.3) is 0 Å². The van der Waals surface area contributed by atoms with Crippen LogP contribution in [-0.2, 0) is 23.3 Å². The fraction of sp³-hybridized carbons (Fsp3) is 0.143. The predicted octanol–water partition coefficient (Wildman–Crippen LogP) is -0.658. The van der Waals surface area contributed by atoms with E-state index in [0.29, 0.717) is 0 Å². The molecule has 50 valence electrons. The van der Waals surface area contributed by atoms with Gasteiger partial charge in [-0.15, -0.1) is 0 Å². The second kappa shape index (κ2) is 5.67. The molecule has 10 heavy (non-hydrogen) atoms. The number of hydrogen-bond acceptors (Lipinski definition) is 0. The van der Waals surface area contributed by atoms with Gasteiger partial charge in [0.2, 0.25) is 0 Å². The summed E-state index contributed by atoms with van der Waals surface area (Å²) < 4.78 is 1.35. The maximum absolute atomic E-state index is 2.34. The number of hydrogen-bond donors (Lipinski definition) is 0. The van der Waals surface area contributed by atoms with E-state index in [1.165, 1.54) is 32.5 Å². The van der Waals surface area contributed by atoms with Gasteiger partial charge in [0.15, 0.2) is 0 Å². The molecule has 3 heteroatoms. The summed E-state index contributed by atoms with van der Waals surface area (Å²) >= 11 is 3.70. The molecule has 0 bridgehead atoms. The zero-order valence-corrected chi connectivity index (χ0v) is 12.2. The third kappa shape index (κ3) is 3.45. The Labute approximate surface area is 95.4 Å². The van der Waals surface area contributed by atoms with Crippen molar-refractivity contribution in [2.45, 2.75) is 5.02 Å². The van der Waals surface area contributed by atoms with E-state index in [1.54, 1.807) is 0 Å². The van der Waals surface area contributed by atoms with Gasteiger partial charge >= 0.3 is 79.3 Å². The van der Waals surface area contributed by atoms with Crippen molar-refractivity contribution in [1.29, 1.82) is 0 Å². The third-order valence-corrected chi connectivity index (χ3v) is 3.06. The monoisotopic (exact) mass is 360 g/mol. The predicted molar refractivity (Wildman–Crippen MR) is 42.9 cm³/mol. The van der Waals surface area contributed by atoms with Gasteiger partial charge in [-0.2, -0.15) is 0 Å². The quantitative estimate of drug-likeness (QED) is 0.460. The van der Waals surface area contributed by atoms with Crippen molar-refractivity contribution in [3.63, 3.8) is 0 Å². The van der Waals surface area contributed by atoms with E-state index in [-0.39, 0.29) is 17.0 Å². The molecule has 0 saturated heterocycles. The van der Waals surface area contributed by atoms with Crippen molar-refractivity contribution in [2.24, 2.45) is 0 Å². The summed E-state index contributed by atoms with van der Waals surface area (Å²) in [6.45, 7) is 0. The average Bonchev–Trinajstić information content (AvgIpc) is 1.88. The van der Waals surface area contributed by atoms with Crippen LogP contribution in [-0.4, -0.2) is 0 Å². The van der Waals surface area contributed by atoms with Gasteiger partial charge in [-0.3, -0.25) is 0 Å². The average molecular weight is 362 g/mol. The number of rotatable bonds is 1. The zero-order valence-electron chi connectivity index (χ0n) is 5.48. The summed E-state index contributed by atoms with van der Waals surface area (Å²) in [5.41, 5.74) is 1.47. The molecule has 0 fully saturated rings. The molecule has 0 saturated carbocycles. The van der Waals surface area contributed by atoms with Crippen LogP contribution in [0.2, 0.25) is 0 Å². The Hall–Kier alpha value is 1.05. The van der Waals surface area contributed by atoms with Crippen LogP contribution in [0.15, 0.2) is 24.3 Å². The minimum absolute atomic E-state index is 0. The van der Waals surface area contributed by atoms with E-state index < -0.39 is 0 Å². The van der Waals surface area contributed by atoms with E-state index in [0.717, 1.165) is 0 Å². The Balaban J connectivity index is 0.000000810. The SMILES string of the molecule is [Br-].[Zn+][CH2]c1cccc(I)c1. The van der Waals surface area contributed by atoms with Gasteiger partial charge in [-0.25, -0.2) is 0 Å². The van der Waals surface area contributed by atoms with Gasteiger partial charge in [-0.1, -0.05) is 0 Å². The molecular weight excluding hydrogens is 356 g/mol. The van der Waals surface area contributed by atoms with Crippen LogP contribution in [0, 0.1) is 3.57 Å². The van der Waals surface area contributed by atoms with Gasteiger partial charge in [-0.05, 0) is 0 Å². The molecule has 1 aromatic rings. The Morgan fingerprint density at radius 1 is 1.40 bits per heavy atom. The summed E-state index contributed by atoms with van der Waals surface area (Å²) in [4.78, 5) is 0. The minimum atomic E-state index is 0. The molecule has 0 nitrogen and oxygen atoms in total. The van der Waals surface area contributed by atoms with E-state index in [4.69, 9.17) is 0 Å². The molecule has 1 aromatic carbocycles. The molecule has 0 radical (unpaired) electrons. The van der Waals surface area contributed by atoms with E-state index in [9.17, 15) is 0 Å². The molecule has 0 aliphatic carbocycles. The molecule has 0 aliphatic heterocycles. The molecule has 1 rings (SSSR count). The molecule has 0 aromatic heterocycles. The molecule has 0 amide bonds. The Morgan fingerprint density at radius 2 is 2.10 bits per heavy atom. The number of halogens is 2. The summed E-state index contributed by atoms with van der Waals surface area (Å²) in [6.07, 6.45) is 0. The van der Waals surface area contributed by atoms with Crippen LogP contribution in [0.3, 0.4) is 0 Å². The third-order valence-electron chi connectivity index (χ3n) is 1.18. The van der Waals surface area contributed by atoms with E-state index >= 15 is 0 Å². The van der Waals surface area contributed by atoms with Crippen molar-refractivity contribution >= 4 is 22.6 Å². The second-order valence-electron chi connectivity index (χ2n) is 1.88. The van der Waals surface area contributed by atoms with Gasteiger partial charge in [0.05, 0.1) is 0 Å². The summed E-state index contributed by atoms with van der Waals surface area (Å²) in [5.74, 6) is 0. The van der Waals surface area contributed by atoms with Gasteiger partial charge < -0.3 is 17.0 Å². The van der Waals surface area contributed by atoms with Crippen molar-refractivity contribution in [3.05, 3.63) is 33.4 Å². The number of benzene rings is 1. The van der Waals surface area contributed by atoms with Gasteiger partial charge in [0.25, 0.3) is 0 Å². The normalized spacial score (nSPS) is 8.70. The van der Waals surface area contributed by atoms with Crippen molar-refractivity contribution in [2.75, 3.05) is 0 Å². The van der Waals surface area contributed by atoms with Crippen LogP contribution < -0.4 is 17.0 Å². The molecule has 0 spiro atoms. The van der Waals surface area contributed by atoms with Gasteiger partial charge in [0, 0.05) is 0 Å². The topological polar surface area (TPSA) is 0 Å². The molecule has 0 atom stereocenters. The summed E-state index contributed by atoms with van der Waals surface area (Å²) in [6, 6.07) is 8.67. The molecular formula is C7H6BrIZn. The zero-order chi connectivity index (χ0) is 6.69. The van der Waals surface area contributed by atoms with Crippen LogP contribution in [0.4, 0.5) is 0 Å². The van der Waals surface area contributed by atoms with Crippen LogP contribution >= 0.6 is 22.6 Å². The fourth-order valence-electron chi connectivity index (χ4n) is 0.692. The molecule has 0 N–H and O–H groups in total. The molecule has 0 heterocycles. The Bertz CT molecular complexity index is 203. The standard InChI is InChI=1S/C7H6I.BrH.Zn/c1-6-3-2-4-7(8)5-6;;/h2-5H,1H2;1H;/q;;+1/p-1. The fourth-order valence-corrected chi connectivity index (χ4v) is 1.95. The first-order chi connectivity index (χ1) is 4.33. The summed E-state index contributed by atoms with van der Waals surface area (Å²) in [7, 11) is 0. The van der Waals surface area contributed by atoms with Crippen molar-refractivity contribution in [3.8, 4) is 0 Å².